The van der Waals surface area contributed by atoms with Gasteiger partial charge in [-0.05, 0) is 30.7 Å². The van der Waals surface area contributed by atoms with E-state index in [2.05, 4.69) is 10.2 Å². The number of aromatic nitrogens is 2. The van der Waals surface area contributed by atoms with E-state index in [0.717, 1.165) is 12.1 Å². The van der Waals surface area contributed by atoms with E-state index < -0.39 is 11.7 Å². The maximum absolute atomic E-state index is 12.7. The molecule has 0 unspecified atom stereocenters. The molecule has 0 spiro atoms. The Morgan fingerprint density at radius 2 is 1.95 bits per heavy atom. The number of anilines is 1. The van der Waals surface area contributed by atoms with Crippen LogP contribution in [0, 0.1) is 6.92 Å². The highest BCUT2D eigenvalue weighted by Crippen LogP contribution is 2.39. The third-order valence-electron chi connectivity index (χ3n) is 2.87. The summed E-state index contributed by atoms with van der Waals surface area (Å²) in [6.07, 6.45) is -2.94. The van der Waals surface area contributed by atoms with E-state index in [0.29, 0.717) is 16.7 Å². The molecule has 0 saturated heterocycles. The lowest BCUT2D eigenvalue weighted by Gasteiger charge is -2.14. The quantitative estimate of drug-likeness (QED) is 0.920. The maximum Gasteiger partial charge on any atom is 0.416 e. The van der Waals surface area contributed by atoms with Gasteiger partial charge in [0, 0.05) is 11.1 Å². The normalized spacial score (nSPS) is 11.4. The van der Waals surface area contributed by atoms with E-state index in [1.165, 1.54) is 19.4 Å². The lowest BCUT2D eigenvalue weighted by molar-refractivity contribution is -0.137. The van der Waals surface area contributed by atoms with Crippen LogP contribution in [0.25, 0.3) is 11.1 Å². The van der Waals surface area contributed by atoms with Crippen LogP contribution in [-0.4, -0.2) is 17.3 Å². The standard InChI is InChI=1S/C13H12F3N3O/c1-7-6-18-19-12(17)11(7)9-4-3-8(13(14,15)16)5-10(9)20-2/h3-6H,1-2H3,(H2,17,19). The average molecular weight is 283 g/mol. The number of rotatable bonds is 2. The van der Waals surface area contributed by atoms with Crippen LogP contribution in [-0.2, 0) is 6.18 Å². The van der Waals surface area contributed by atoms with Crippen LogP contribution in [0.3, 0.4) is 0 Å². The Bertz CT molecular complexity index is 621. The third-order valence-corrected chi connectivity index (χ3v) is 2.87. The fourth-order valence-corrected chi connectivity index (χ4v) is 1.92. The molecular weight excluding hydrogens is 271 g/mol. The van der Waals surface area contributed by atoms with Gasteiger partial charge >= 0.3 is 6.18 Å². The number of ether oxygens (including phenoxy) is 1. The van der Waals surface area contributed by atoms with Gasteiger partial charge in [-0.2, -0.15) is 18.3 Å². The van der Waals surface area contributed by atoms with E-state index in [1.54, 1.807) is 6.92 Å². The summed E-state index contributed by atoms with van der Waals surface area (Å²) in [6.45, 7) is 1.75. The van der Waals surface area contributed by atoms with Gasteiger partial charge in [0.15, 0.2) is 5.82 Å². The van der Waals surface area contributed by atoms with Crippen LogP contribution in [0.1, 0.15) is 11.1 Å². The molecule has 0 aliphatic rings. The molecule has 0 radical (unpaired) electrons. The van der Waals surface area contributed by atoms with E-state index >= 15 is 0 Å². The molecule has 106 valence electrons. The number of aryl methyl sites for hydroxylation is 1. The number of alkyl halides is 3. The van der Waals surface area contributed by atoms with Crippen LogP contribution in [0.4, 0.5) is 19.0 Å². The molecule has 1 aromatic heterocycles. The number of halogens is 3. The van der Waals surface area contributed by atoms with Crippen molar-refractivity contribution in [1.29, 1.82) is 0 Å². The monoisotopic (exact) mass is 283 g/mol. The Morgan fingerprint density at radius 3 is 2.50 bits per heavy atom. The molecule has 0 saturated carbocycles. The van der Waals surface area contributed by atoms with Crippen molar-refractivity contribution in [1.82, 2.24) is 10.2 Å². The van der Waals surface area contributed by atoms with Crippen molar-refractivity contribution in [2.75, 3.05) is 12.8 Å². The minimum atomic E-state index is -4.43. The van der Waals surface area contributed by atoms with Gasteiger partial charge in [-0.3, -0.25) is 0 Å². The molecule has 0 aliphatic heterocycles. The van der Waals surface area contributed by atoms with Gasteiger partial charge in [-0.15, -0.1) is 5.10 Å². The molecule has 1 aromatic carbocycles. The van der Waals surface area contributed by atoms with Crippen molar-refractivity contribution < 1.29 is 17.9 Å². The van der Waals surface area contributed by atoms with E-state index in [4.69, 9.17) is 10.5 Å². The summed E-state index contributed by atoms with van der Waals surface area (Å²) < 4.78 is 43.1. The number of hydrogen-bond donors (Lipinski definition) is 1. The molecule has 2 N–H and O–H groups in total. The topological polar surface area (TPSA) is 61.0 Å². The molecule has 0 fully saturated rings. The third kappa shape index (κ3) is 2.52. The first-order chi connectivity index (χ1) is 9.34. The molecule has 0 amide bonds. The van der Waals surface area contributed by atoms with Crippen molar-refractivity contribution in [2.45, 2.75) is 13.1 Å². The van der Waals surface area contributed by atoms with E-state index in [9.17, 15) is 13.2 Å². The number of nitrogens with two attached hydrogens (primary N) is 1. The van der Waals surface area contributed by atoms with E-state index in [-0.39, 0.29) is 11.6 Å². The summed E-state index contributed by atoms with van der Waals surface area (Å²) in [4.78, 5) is 0. The number of methoxy groups -OCH3 is 1. The predicted molar refractivity (Wildman–Crippen MR) is 68.2 cm³/mol. The Kier molecular flexibility index (Phi) is 3.52. The minimum absolute atomic E-state index is 0.0858. The zero-order valence-electron chi connectivity index (χ0n) is 10.8. The van der Waals surface area contributed by atoms with Crippen LogP contribution in [0.5, 0.6) is 5.75 Å². The van der Waals surface area contributed by atoms with Crippen molar-refractivity contribution in [2.24, 2.45) is 0 Å². The molecule has 1 heterocycles. The van der Waals surface area contributed by atoms with Gasteiger partial charge in [-0.1, -0.05) is 0 Å². The maximum atomic E-state index is 12.7. The van der Waals surface area contributed by atoms with Crippen molar-refractivity contribution in [3.63, 3.8) is 0 Å². The summed E-state index contributed by atoms with van der Waals surface area (Å²) in [7, 11) is 1.30. The molecule has 0 aliphatic carbocycles. The summed E-state index contributed by atoms with van der Waals surface area (Å²) in [6, 6.07) is 3.24. The highest BCUT2D eigenvalue weighted by molar-refractivity contribution is 5.80. The highest BCUT2D eigenvalue weighted by Gasteiger charge is 2.31. The van der Waals surface area contributed by atoms with Gasteiger partial charge in [0.1, 0.15) is 5.75 Å². The molecule has 0 atom stereocenters. The molecule has 0 bridgehead atoms. The first-order valence-electron chi connectivity index (χ1n) is 5.68. The fraction of sp³-hybridized carbons (Fsp3) is 0.231. The SMILES string of the molecule is COc1cc(C(F)(F)F)ccc1-c1c(C)cnnc1N. The number of nitrogen functional groups attached to an aromatic ring is 1. The lowest BCUT2D eigenvalue weighted by atomic mass is 10.00. The number of nitrogens with zero attached hydrogens (tertiary/aromatic N) is 2. The van der Waals surface area contributed by atoms with Gasteiger partial charge in [0.25, 0.3) is 0 Å². The fourth-order valence-electron chi connectivity index (χ4n) is 1.92. The largest absolute Gasteiger partial charge is 0.496 e. The number of benzene rings is 1. The van der Waals surface area contributed by atoms with Crippen molar-refractivity contribution >= 4 is 5.82 Å². The summed E-state index contributed by atoms with van der Waals surface area (Å²) in [5.41, 5.74) is 6.64. The zero-order chi connectivity index (χ0) is 14.9. The molecule has 2 aromatic rings. The first kappa shape index (κ1) is 14.1. The van der Waals surface area contributed by atoms with Crippen LogP contribution in [0.15, 0.2) is 24.4 Å². The Balaban J connectivity index is 2.64. The Labute approximate surface area is 113 Å². The summed E-state index contributed by atoms with van der Waals surface area (Å²) in [5, 5.41) is 7.40. The van der Waals surface area contributed by atoms with Gasteiger partial charge in [0.05, 0.1) is 18.9 Å². The second kappa shape index (κ2) is 4.99. The molecule has 20 heavy (non-hydrogen) atoms. The summed E-state index contributed by atoms with van der Waals surface area (Å²) >= 11 is 0. The minimum Gasteiger partial charge on any atom is -0.496 e. The molecule has 7 heteroatoms. The van der Waals surface area contributed by atoms with Crippen LogP contribution >= 0.6 is 0 Å². The first-order valence-corrected chi connectivity index (χ1v) is 5.68. The second-order valence-electron chi connectivity index (χ2n) is 4.20. The average Bonchev–Trinajstić information content (AvgIpc) is 2.37. The molecular formula is C13H12F3N3O. The van der Waals surface area contributed by atoms with E-state index in [1.807, 2.05) is 0 Å². The van der Waals surface area contributed by atoms with Gasteiger partial charge in [0.2, 0.25) is 0 Å². The second-order valence-corrected chi connectivity index (χ2v) is 4.20. The Morgan fingerprint density at radius 1 is 1.25 bits per heavy atom. The van der Waals surface area contributed by atoms with Gasteiger partial charge < -0.3 is 10.5 Å². The van der Waals surface area contributed by atoms with Crippen molar-refractivity contribution in [3.8, 4) is 16.9 Å². The highest BCUT2D eigenvalue weighted by atomic mass is 19.4. The lowest BCUT2D eigenvalue weighted by Crippen LogP contribution is -2.06. The summed E-state index contributed by atoms with van der Waals surface area (Å²) in [5.74, 6) is 0.227. The Hall–Kier alpha value is -2.31. The van der Waals surface area contributed by atoms with Crippen LogP contribution < -0.4 is 10.5 Å². The smallest absolute Gasteiger partial charge is 0.416 e. The predicted octanol–water partition coefficient (Wildman–Crippen LogP) is 3.06. The number of hydrogen-bond acceptors (Lipinski definition) is 4. The zero-order valence-corrected chi connectivity index (χ0v) is 10.8. The van der Waals surface area contributed by atoms with Crippen LogP contribution in [0.2, 0.25) is 0 Å². The molecule has 4 nitrogen and oxygen atoms in total. The van der Waals surface area contributed by atoms with Gasteiger partial charge in [-0.25, -0.2) is 0 Å². The van der Waals surface area contributed by atoms with Crippen molar-refractivity contribution in [3.05, 3.63) is 35.5 Å². The molecule has 2 rings (SSSR count).